The summed E-state index contributed by atoms with van der Waals surface area (Å²) in [5.41, 5.74) is 2.44. The van der Waals surface area contributed by atoms with Gasteiger partial charge in [-0.25, -0.2) is 4.68 Å². The molecule has 100 valence electrons. The zero-order valence-electron chi connectivity index (χ0n) is 10.2. The summed E-state index contributed by atoms with van der Waals surface area (Å²) < 4.78 is 1.67. The fourth-order valence-corrected chi connectivity index (χ4v) is 2.19. The molecule has 0 atom stereocenters. The molecule has 1 aromatic heterocycles. The zero-order chi connectivity index (χ0) is 14.0. The molecule has 1 heterocycles. The molecule has 2 rings (SSSR count). The van der Waals surface area contributed by atoms with Crippen LogP contribution in [0, 0.1) is 6.92 Å². The molecule has 0 aliphatic rings. The van der Waals surface area contributed by atoms with E-state index in [4.69, 9.17) is 28.3 Å². The van der Waals surface area contributed by atoms with E-state index in [1.807, 2.05) is 6.92 Å². The number of carboxylic acid groups (broad SMARTS) is 1. The molecule has 0 aliphatic carbocycles. The summed E-state index contributed by atoms with van der Waals surface area (Å²) in [5, 5.41) is 14.1. The highest BCUT2D eigenvalue weighted by molar-refractivity contribution is 6.34. The minimum Gasteiger partial charge on any atom is -0.481 e. The van der Waals surface area contributed by atoms with Crippen LogP contribution in [-0.4, -0.2) is 20.9 Å². The van der Waals surface area contributed by atoms with Crippen molar-refractivity contribution in [1.29, 1.82) is 0 Å². The Balaban J connectivity index is 2.36. The molecule has 0 saturated heterocycles. The molecule has 0 amide bonds. The topological polar surface area (TPSA) is 55.1 Å². The predicted molar refractivity (Wildman–Crippen MR) is 74.3 cm³/mol. The van der Waals surface area contributed by atoms with E-state index in [0.717, 1.165) is 11.3 Å². The summed E-state index contributed by atoms with van der Waals surface area (Å²) in [7, 11) is 0. The summed E-state index contributed by atoms with van der Waals surface area (Å²) in [5.74, 6) is -0.826. The molecule has 19 heavy (non-hydrogen) atoms. The third kappa shape index (κ3) is 3.08. The molecule has 0 unspecified atom stereocenters. The molecule has 6 heteroatoms. The van der Waals surface area contributed by atoms with Crippen LogP contribution >= 0.6 is 23.2 Å². The minimum atomic E-state index is -0.826. The van der Waals surface area contributed by atoms with Crippen LogP contribution in [0.3, 0.4) is 0 Å². The van der Waals surface area contributed by atoms with Gasteiger partial charge in [0.15, 0.2) is 0 Å². The second kappa shape index (κ2) is 5.63. The van der Waals surface area contributed by atoms with Crippen molar-refractivity contribution < 1.29 is 9.90 Å². The molecule has 0 bridgehead atoms. The van der Waals surface area contributed by atoms with Crippen LogP contribution in [0.25, 0.3) is 5.69 Å². The van der Waals surface area contributed by atoms with Crippen LogP contribution < -0.4 is 0 Å². The Morgan fingerprint density at radius 1 is 1.42 bits per heavy atom. The van der Waals surface area contributed by atoms with Crippen LogP contribution in [0.2, 0.25) is 10.0 Å². The van der Waals surface area contributed by atoms with Crippen molar-refractivity contribution in [3.63, 3.8) is 0 Å². The molecule has 0 saturated carbocycles. The fourth-order valence-electron chi connectivity index (χ4n) is 1.82. The summed E-state index contributed by atoms with van der Waals surface area (Å²) in [4.78, 5) is 10.6. The van der Waals surface area contributed by atoms with Crippen molar-refractivity contribution in [1.82, 2.24) is 9.78 Å². The first-order chi connectivity index (χ1) is 8.99. The number of rotatable bonds is 4. The molecule has 0 aliphatic heterocycles. The highest BCUT2D eigenvalue weighted by Crippen LogP contribution is 2.26. The molecular formula is C13H12Cl2N2O2. The molecule has 4 nitrogen and oxygen atoms in total. The standard InChI is InChI=1S/C13H12Cl2N2O2/c1-8-9(2-5-13(18)19)7-16-17(8)12-6-10(14)3-4-11(12)15/h3-4,6-7H,2,5H2,1H3,(H,18,19). The number of benzene rings is 1. The average molecular weight is 299 g/mol. The average Bonchev–Trinajstić information content (AvgIpc) is 2.71. The number of aliphatic carboxylic acids is 1. The van der Waals surface area contributed by atoms with Gasteiger partial charge in [0.25, 0.3) is 0 Å². The van der Waals surface area contributed by atoms with Gasteiger partial charge >= 0.3 is 5.97 Å². The fraction of sp³-hybridized carbons (Fsp3) is 0.231. The van der Waals surface area contributed by atoms with E-state index in [9.17, 15) is 4.79 Å². The van der Waals surface area contributed by atoms with Crippen LogP contribution in [0.15, 0.2) is 24.4 Å². The van der Waals surface area contributed by atoms with Gasteiger partial charge in [0, 0.05) is 17.1 Å². The van der Waals surface area contributed by atoms with Gasteiger partial charge in [-0.15, -0.1) is 0 Å². The van der Waals surface area contributed by atoms with Gasteiger partial charge in [0.2, 0.25) is 0 Å². The normalized spacial score (nSPS) is 10.7. The zero-order valence-corrected chi connectivity index (χ0v) is 11.7. The van der Waals surface area contributed by atoms with Gasteiger partial charge < -0.3 is 5.11 Å². The van der Waals surface area contributed by atoms with Crippen molar-refractivity contribution in [2.24, 2.45) is 0 Å². The van der Waals surface area contributed by atoms with Gasteiger partial charge in [-0.3, -0.25) is 4.79 Å². The largest absolute Gasteiger partial charge is 0.481 e. The van der Waals surface area contributed by atoms with Gasteiger partial charge in [-0.05, 0) is 37.1 Å². The molecule has 2 aromatic rings. The smallest absolute Gasteiger partial charge is 0.303 e. The molecule has 1 N–H and O–H groups in total. The first-order valence-electron chi connectivity index (χ1n) is 5.69. The van der Waals surface area contributed by atoms with E-state index in [0.29, 0.717) is 22.2 Å². The number of aromatic nitrogens is 2. The lowest BCUT2D eigenvalue weighted by atomic mass is 10.1. The molecular weight excluding hydrogens is 287 g/mol. The molecule has 1 aromatic carbocycles. The first kappa shape index (κ1) is 13.9. The van der Waals surface area contributed by atoms with Crippen LogP contribution in [0.5, 0.6) is 0 Å². The number of hydrogen-bond acceptors (Lipinski definition) is 2. The maximum atomic E-state index is 10.6. The third-order valence-electron chi connectivity index (χ3n) is 2.86. The van der Waals surface area contributed by atoms with Gasteiger partial charge in [-0.1, -0.05) is 23.2 Å². The second-order valence-corrected chi connectivity index (χ2v) is 5.00. The monoisotopic (exact) mass is 298 g/mol. The van der Waals surface area contributed by atoms with Crippen molar-refractivity contribution in [3.8, 4) is 5.69 Å². The van der Waals surface area contributed by atoms with Crippen molar-refractivity contribution in [2.75, 3.05) is 0 Å². The quantitative estimate of drug-likeness (QED) is 0.940. The Bertz CT molecular complexity index is 623. The summed E-state index contributed by atoms with van der Waals surface area (Å²) in [6, 6.07) is 5.14. The summed E-state index contributed by atoms with van der Waals surface area (Å²) in [6.45, 7) is 1.88. The number of carboxylic acids is 1. The first-order valence-corrected chi connectivity index (χ1v) is 6.45. The lowest BCUT2D eigenvalue weighted by Crippen LogP contribution is -2.02. The molecule has 0 spiro atoms. The highest BCUT2D eigenvalue weighted by atomic mass is 35.5. The Labute approximate surface area is 120 Å². The number of aryl methyl sites for hydroxylation is 1. The van der Waals surface area contributed by atoms with Crippen molar-refractivity contribution in [3.05, 3.63) is 45.7 Å². The Hall–Kier alpha value is -1.52. The summed E-state index contributed by atoms with van der Waals surface area (Å²) in [6.07, 6.45) is 2.19. The van der Waals surface area contributed by atoms with E-state index in [2.05, 4.69) is 5.10 Å². The third-order valence-corrected chi connectivity index (χ3v) is 3.41. The Morgan fingerprint density at radius 2 is 2.16 bits per heavy atom. The number of hydrogen-bond donors (Lipinski definition) is 1. The van der Waals surface area contributed by atoms with Gasteiger partial charge in [0.05, 0.1) is 16.9 Å². The molecule has 0 radical (unpaired) electrons. The van der Waals surface area contributed by atoms with Crippen molar-refractivity contribution in [2.45, 2.75) is 19.8 Å². The van der Waals surface area contributed by atoms with Crippen molar-refractivity contribution >= 4 is 29.2 Å². The van der Waals surface area contributed by atoms with E-state index >= 15 is 0 Å². The lowest BCUT2D eigenvalue weighted by Gasteiger charge is -2.08. The van der Waals surface area contributed by atoms with Gasteiger partial charge in [0.1, 0.15) is 0 Å². The number of halogens is 2. The van der Waals surface area contributed by atoms with Crippen LogP contribution in [0.4, 0.5) is 0 Å². The SMILES string of the molecule is Cc1c(CCC(=O)O)cnn1-c1cc(Cl)ccc1Cl. The number of carbonyl (C=O) groups is 1. The Morgan fingerprint density at radius 3 is 2.84 bits per heavy atom. The minimum absolute atomic E-state index is 0.0792. The van der Waals surface area contributed by atoms with Crippen LogP contribution in [0.1, 0.15) is 17.7 Å². The Kier molecular flexibility index (Phi) is 4.12. The van der Waals surface area contributed by atoms with E-state index < -0.39 is 5.97 Å². The molecule has 0 fully saturated rings. The van der Waals surface area contributed by atoms with E-state index in [1.54, 1.807) is 29.1 Å². The summed E-state index contributed by atoms with van der Waals surface area (Å²) >= 11 is 12.1. The maximum absolute atomic E-state index is 10.6. The second-order valence-electron chi connectivity index (χ2n) is 4.16. The highest BCUT2D eigenvalue weighted by Gasteiger charge is 2.12. The lowest BCUT2D eigenvalue weighted by molar-refractivity contribution is -0.136. The predicted octanol–water partition coefficient (Wildman–Crippen LogP) is 3.50. The van der Waals surface area contributed by atoms with Crippen LogP contribution in [-0.2, 0) is 11.2 Å². The number of nitrogens with zero attached hydrogens (tertiary/aromatic N) is 2. The van der Waals surface area contributed by atoms with E-state index in [-0.39, 0.29) is 6.42 Å². The van der Waals surface area contributed by atoms with Gasteiger partial charge in [-0.2, -0.15) is 5.10 Å². The maximum Gasteiger partial charge on any atom is 0.303 e. The van der Waals surface area contributed by atoms with E-state index in [1.165, 1.54) is 0 Å².